The Kier molecular flexibility index (Phi) is 3.45. The summed E-state index contributed by atoms with van der Waals surface area (Å²) in [6, 6.07) is 0. The molecule has 1 aromatic heterocycles. The molecule has 2 unspecified atom stereocenters. The third-order valence-electron chi connectivity index (χ3n) is 3.17. The van der Waals surface area contributed by atoms with Crippen LogP contribution in [0.15, 0.2) is 6.20 Å². The summed E-state index contributed by atoms with van der Waals surface area (Å²) in [5, 5.41) is 1.32. The van der Waals surface area contributed by atoms with Crippen molar-refractivity contribution >= 4 is 22.9 Å². The highest BCUT2D eigenvalue weighted by Crippen LogP contribution is 2.40. The largest absolute Gasteiger partial charge is 0.249 e. The predicted molar refractivity (Wildman–Crippen MR) is 62.0 cm³/mol. The second-order valence-electron chi connectivity index (χ2n) is 4.08. The van der Waals surface area contributed by atoms with Gasteiger partial charge in [0.25, 0.3) is 0 Å². The molecule has 78 valence electrons. The minimum Gasteiger partial charge on any atom is -0.249 e. The molecule has 0 aromatic carbocycles. The monoisotopic (exact) mass is 229 g/mol. The lowest BCUT2D eigenvalue weighted by molar-refractivity contribution is 0.521. The lowest BCUT2D eigenvalue weighted by Crippen LogP contribution is -1.93. The van der Waals surface area contributed by atoms with Gasteiger partial charge >= 0.3 is 0 Å². The quantitative estimate of drug-likeness (QED) is 0.709. The maximum Gasteiger partial charge on any atom is 0.0959 e. The number of hydrogen-bond acceptors (Lipinski definition) is 2. The summed E-state index contributed by atoms with van der Waals surface area (Å²) in [4.78, 5) is 5.68. The zero-order valence-corrected chi connectivity index (χ0v) is 10.1. The average molecular weight is 230 g/mol. The summed E-state index contributed by atoms with van der Waals surface area (Å²) in [6.45, 7) is 2.29. The number of rotatable bonds is 3. The lowest BCUT2D eigenvalue weighted by Gasteiger charge is -2.05. The van der Waals surface area contributed by atoms with E-state index >= 15 is 0 Å². The van der Waals surface area contributed by atoms with E-state index in [1.165, 1.54) is 35.6 Å². The maximum atomic E-state index is 5.77. The Balaban J connectivity index is 2.02. The fraction of sp³-hybridized carbons (Fsp3) is 0.727. The van der Waals surface area contributed by atoms with E-state index in [4.69, 9.17) is 11.6 Å². The van der Waals surface area contributed by atoms with E-state index in [0.29, 0.717) is 5.88 Å². The minimum absolute atomic E-state index is 0.613. The Morgan fingerprint density at radius 2 is 2.43 bits per heavy atom. The molecule has 3 heteroatoms. The molecular weight excluding hydrogens is 214 g/mol. The molecule has 1 aliphatic carbocycles. The van der Waals surface area contributed by atoms with Gasteiger partial charge in [-0.3, -0.25) is 0 Å². The smallest absolute Gasteiger partial charge is 0.0959 e. The van der Waals surface area contributed by atoms with Crippen molar-refractivity contribution < 1.29 is 0 Å². The second-order valence-corrected chi connectivity index (χ2v) is 5.50. The zero-order valence-electron chi connectivity index (χ0n) is 8.50. The molecule has 0 spiro atoms. The standard InChI is InChI=1S/C11H16ClNS/c1-2-8-3-4-9(5-8)11-13-7-10(6-12)14-11/h7-9H,2-6H2,1H3. The van der Waals surface area contributed by atoms with Gasteiger partial charge in [-0.15, -0.1) is 22.9 Å². The van der Waals surface area contributed by atoms with Crippen LogP contribution in [0.4, 0.5) is 0 Å². The summed E-state index contributed by atoms with van der Waals surface area (Å²) in [5.41, 5.74) is 0. The van der Waals surface area contributed by atoms with Crippen molar-refractivity contribution in [1.29, 1.82) is 0 Å². The van der Waals surface area contributed by atoms with Gasteiger partial charge in [0.2, 0.25) is 0 Å². The minimum atomic E-state index is 0.613. The highest BCUT2D eigenvalue weighted by atomic mass is 35.5. The Hall–Kier alpha value is -0.0800. The van der Waals surface area contributed by atoms with Crippen molar-refractivity contribution in [3.05, 3.63) is 16.1 Å². The van der Waals surface area contributed by atoms with E-state index in [-0.39, 0.29) is 0 Å². The summed E-state index contributed by atoms with van der Waals surface area (Å²) in [6.07, 6.45) is 7.31. The van der Waals surface area contributed by atoms with Gasteiger partial charge in [0.05, 0.1) is 10.9 Å². The first kappa shape index (κ1) is 10.4. The molecule has 0 amide bonds. The van der Waals surface area contributed by atoms with Gasteiger partial charge in [-0.05, 0) is 25.2 Å². The SMILES string of the molecule is CCC1CCC(c2ncc(CCl)s2)C1. The number of hydrogen-bond donors (Lipinski definition) is 0. The summed E-state index contributed by atoms with van der Waals surface area (Å²) < 4.78 is 0. The fourth-order valence-electron chi connectivity index (χ4n) is 2.24. The van der Waals surface area contributed by atoms with Gasteiger partial charge in [-0.1, -0.05) is 13.3 Å². The van der Waals surface area contributed by atoms with Crippen molar-refractivity contribution in [2.45, 2.75) is 44.4 Å². The first-order chi connectivity index (χ1) is 6.83. The second kappa shape index (κ2) is 4.63. The summed E-state index contributed by atoms with van der Waals surface area (Å²) in [7, 11) is 0. The molecule has 0 N–H and O–H groups in total. The molecule has 1 nitrogen and oxygen atoms in total. The van der Waals surface area contributed by atoms with Crippen molar-refractivity contribution in [2.24, 2.45) is 5.92 Å². The van der Waals surface area contributed by atoms with Crippen LogP contribution in [-0.4, -0.2) is 4.98 Å². The zero-order chi connectivity index (χ0) is 9.97. The van der Waals surface area contributed by atoms with Gasteiger partial charge < -0.3 is 0 Å². The molecule has 0 radical (unpaired) electrons. The molecule has 0 saturated heterocycles. The van der Waals surface area contributed by atoms with Crippen LogP contribution in [-0.2, 0) is 5.88 Å². The van der Waals surface area contributed by atoms with E-state index in [2.05, 4.69) is 11.9 Å². The van der Waals surface area contributed by atoms with Crippen LogP contribution in [0.25, 0.3) is 0 Å². The number of halogens is 1. The molecule has 14 heavy (non-hydrogen) atoms. The van der Waals surface area contributed by atoms with Crippen LogP contribution in [0.3, 0.4) is 0 Å². The highest BCUT2D eigenvalue weighted by Gasteiger charge is 2.26. The van der Waals surface area contributed by atoms with Crippen LogP contribution in [0, 0.1) is 5.92 Å². The van der Waals surface area contributed by atoms with E-state index in [9.17, 15) is 0 Å². The molecule has 1 aromatic rings. The van der Waals surface area contributed by atoms with Crippen molar-refractivity contribution in [2.75, 3.05) is 0 Å². The van der Waals surface area contributed by atoms with Crippen molar-refractivity contribution in [1.82, 2.24) is 4.98 Å². The maximum absolute atomic E-state index is 5.77. The molecule has 0 aliphatic heterocycles. The van der Waals surface area contributed by atoms with Crippen molar-refractivity contribution in [3.63, 3.8) is 0 Å². The Morgan fingerprint density at radius 3 is 3.00 bits per heavy atom. The molecule has 1 fully saturated rings. The molecule has 1 heterocycles. The third-order valence-corrected chi connectivity index (χ3v) is 4.78. The Bertz CT molecular complexity index is 297. The van der Waals surface area contributed by atoms with Gasteiger partial charge in [-0.2, -0.15) is 0 Å². The van der Waals surface area contributed by atoms with Crippen molar-refractivity contribution in [3.8, 4) is 0 Å². The van der Waals surface area contributed by atoms with Gasteiger partial charge in [0.15, 0.2) is 0 Å². The first-order valence-electron chi connectivity index (χ1n) is 5.34. The van der Waals surface area contributed by atoms with E-state index in [1.54, 1.807) is 11.3 Å². The molecule has 2 rings (SSSR count). The molecular formula is C11H16ClNS. The van der Waals surface area contributed by atoms with E-state index in [1.807, 2.05) is 6.20 Å². The van der Waals surface area contributed by atoms with Gasteiger partial charge in [-0.25, -0.2) is 4.98 Å². The Labute approximate surface area is 94.5 Å². The average Bonchev–Trinajstić information content (AvgIpc) is 2.86. The van der Waals surface area contributed by atoms with E-state index in [0.717, 1.165) is 11.8 Å². The Morgan fingerprint density at radius 1 is 1.57 bits per heavy atom. The normalized spacial score (nSPS) is 27.0. The van der Waals surface area contributed by atoms with Gasteiger partial charge in [0, 0.05) is 17.0 Å². The lowest BCUT2D eigenvalue weighted by atomic mass is 10.0. The summed E-state index contributed by atoms with van der Waals surface area (Å²) in [5.74, 6) is 2.27. The van der Waals surface area contributed by atoms with Crippen LogP contribution in [0.5, 0.6) is 0 Å². The molecule has 1 aliphatic rings. The molecule has 0 bridgehead atoms. The third kappa shape index (κ3) is 2.12. The number of thiazole rings is 1. The fourth-order valence-corrected chi connectivity index (χ4v) is 3.39. The van der Waals surface area contributed by atoms with Gasteiger partial charge in [0.1, 0.15) is 0 Å². The van der Waals surface area contributed by atoms with E-state index < -0.39 is 0 Å². The highest BCUT2D eigenvalue weighted by molar-refractivity contribution is 7.11. The number of aromatic nitrogens is 1. The number of alkyl halides is 1. The first-order valence-corrected chi connectivity index (χ1v) is 6.69. The van der Waals surface area contributed by atoms with Crippen LogP contribution < -0.4 is 0 Å². The molecule has 2 atom stereocenters. The topological polar surface area (TPSA) is 12.9 Å². The molecule has 1 saturated carbocycles. The van der Waals surface area contributed by atoms with Crippen LogP contribution in [0.1, 0.15) is 48.4 Å². The number of nitrogens with zero attached hydrogens (tertiary/aromatic N) is 1. The van der Waals surface area contributed by atoms with Crippen LogP contribution >= 0.6 is 22.9 Å². The predicted octanol–water partition coefficient (Wildman–Crippen LogP) is 4.18. The van der Waals surface area contributed by atoms with Crippen LogP contribution in [0.2, 0.25) is 0 Å². The summed E-state index contributed by atoms with van der Waals surface area (Å²) >= 11 is 7.57.